The third-order valence-electron chi connectivity index (χ3n) is 6.19. The predicted octanol–water partition coefficient (Wildman–Crippen LogP) is 4.34. The Morgan fingerprint density at radius 3 is 2.67 bits per heavy atom. The Kier molecular flexibility index (Phi) is 7.23. The highest BCUT2D eigenvalue weighted by Gasteiger charge is 2.38. The van der Waals surface area contributed by atoms with Crippen molar-refractivity contribution >= 4 is 23.2 Å². The zero-order valence-electron chi connectivity index (χ0n) is 19.4. The third-order valence-corrected chi connectivity index (χ3v) is 7.17. The molecular weight excluding hydrogens is 434 g/mol. The summed E-state index contributed by atoms with van der Waals surface area (Å²) >= 11 is 1.63. The Labute approximate surface area is 198 Å². The molecule has 7 nitrogen and oxygen atoms in total. The van der Waals surface area contributed by atoms with Crippen LogP contribution in [0.1, 0.15) is 61.3 Å². The van der Waals surface area contributed by atoms with Crippen LogP contribution in [0.2, 0.25) is 0 Å². The van der Waals surface area contributed by atoms with Crippen LogP contribution in [0.3, 0.4) is 0 Å². The molecule has 8 heteroatoms. The summed E-state index contributed by atoms with van der Waals surface area (Å²) in [5.74, 6) is 0.267. The van der Waals surface area contributed by atoms with Crippen LogP contribution in [0.4, 0.5) is 0 Å². The molecule has 2 aromatic heterocycles. The molecule has 2 N–H and O–H groups in total. The number of likely N-dealkylation sites (tertiary alicyclic amines) is 1. The van der Waals surface area contributed by atoms with Gasteiger partial charge in [0.25, 0.3) is 0 Å². The molecule has 1 saturated heterocycles. The second-order valence-corrected chi connectivity index (χ2v) is 9.52. The summed E-state index contributed by atoms with van der Waals surface area (Å²) in [6.07, 6.45) is 4.86. The van der Waals surface area contributed by atoms with Crippen molar-refractivity contribution in [3.05, 3.63) is 58.7 Å². The van der Waals surface area contributed by atoms with Crippen LogP contribution in [-0.2, 0) is 16.1 Å². The van der Waals surface area contributed by atoms with Crippen molar-refractivity contribution in [2.45, 2.75) is 65.0 Å². The van der Waals surface area contributed by atoms with Crippen LogP contribution in [0, 0.1) is 13.8 Å². The lowest BCUT2D eigenvalue weighted by Gasteiger charge is -2.27. The SMILES string of the molecule is CCC[C@@H](C(=O)N1CCC[C@H]1C(=O)NCc1ccc(-c2scnc2C)cc1)c1ncc(C)[nH]1. The molecule has 33 heavy (non-hydrogen) atoms. The van der Waals surface area contributed by atoms with E-state index in [-0.39, 0.29) is 17.7 Å². The summed E-state index contributed by atoms with van der Waals surface area (Å²) in [6, 6.07) is 7.76. The monoisotopic (exact) mass is 465 g/mol. The largest absolute Gasteiger partial charge is 0.350 e. The molecule has 0 aliphatic carbocycles. The van der Waals surface area contributed by atoms with Gasteiger partial charge in [-0.1, -0.05) is 37.6 Å². The van der Waals surface area contributed by atoms with Gasteiger partial charge in [0.15, 0.2) is 0 Å². The summed E-state index contributed by atoms with van der Waals surface area (Å²) in [5, 5.41) is 3.04. The zero-order chi connectivity index (χ0) is 23.4. The Morgan fingerprint density at radius 2 is 2.03 bits per heavy atom. The maximum atomic E-state index is 13.4. The van der Waals surface area contributed by atoms with E-state index in [0.29, 0.717) is 31.8 Å². The number of carbonyl (C=O) groups excluding carboxylic acids is 2. The summed E-state index contributed by atoms with van der Waals surface area (Å²) in [7, 11) is 0. The minimum Gasteiger partial charge on any atom is -0.350 e. The van der Waals surface area contributed by atoms with Crippen LogP contribution >= 0.6 is 11.3 Å². The van der Waals surface area contributed by atoms with Gasteiger partial charge in [-0.05, 0) is 44.2 Å². The molecule has 1 aliphatic rings. The van der Waals surface area contributed by atoms with E-state index in [0.717, 1.165) is 35.4 Å². The van der Waals surface area contributed by atoms with Crippen molar-refractivity contribution < 1.29 is 9.59 Å². The van der Waals surface area contributed by atoms with E-state index in [4.69, 9.17) is 0 Å². The average molecular weight is 466 g/mol. The summed E-state index contributed by atoms with van der Waals surface area (Å²) < 4.78 is 0. The number of thiazole rings is 1. The molecule has 1 aromatic carbocycles. The molecule has 3 aromatic rings. The number of H-pyrrole nitrogens is 1. The van der Waals surface area contributed by atoms with Gasteiger partial charge in [0.2, 0.25) is 11.8 Å². The Balaban J connectivity index is 1.39. The number of carbonyl (C=O) groups is 2. The quantitative estimate of drug-likeness (QED) is 0.518. The number of rotatable bonds is 8. The Hall–Kier alpha value is -3.00. The number of aromatic nitrogens is 3. The maximum absolute atomic E-state index is 13.4. The van der Waals surface area contributed by atoms with E-state index in [9.17, 15) is 9.59 Å². The first-order valence-electron chi connectivity index (χ1n) is 11.6. The number of hydrogen-bond donors (Lipinski definition) is 2. The number of nitrogens with zero attached hydrogens (tertiary/aromatic N) is 3. The van der Waals surface area contributed by atoms with Gasteiger partial charge in [0.1, 0.15) is 11.9 Å². The predicted molar refractivity (Wildman–Crippen MR) is 130 cm³/mol. The molecule has 3 heterocycles. The zero-order valence-corrected chi connectivity index (χ0v) is 20.2. The number of imidazole rings is 1. The molecule has 0 saturated carbocycles. The average Bonchev–Trinajstić information content (AvgIpc) is 3.57. The third kappa shape index (κ3) is 5.16. The van der Waals surface area contributed by atoms with Gasteiger partial charge in [-0.3, -0.25) is 9.59 Å². The van der Waals surface area contributed by atoms with Crippen molar-refractivity contribution in [2.24, 2.45) is 0 Å². The smallest absolute Gasteiger partial charge is 0.243 e. The summed E-state index contributed by atoms with van der Waals surface area (Å²) in [5.41, 5.74) is 5.98. The second-order valence-electron chi connectivity index (χ2n) is 8.66. The highest BCUT2D eigenvalue weighted by molar-refractivity contribution is 7.13. The van der Waals surface area contributed by atoms with Gasteiger partial charge in [0, 0.05) is 25.0 Å². The van der Waals surface area contributed by atoms with Crippen molar-refractivity contribution in [3.8, 4) is 10.4 Å². The van der Waals surface area contributed by atoms with Gasteiger partial charge >= 0.3 is 0 Å². The van der Waals surface area contributed by atoms with Gasteiger partial charge in [-0.2, -0.15) is 0 Å². The number of benzene rings is 1. The Morgan fingerprint density at radius 1 is 1.24 bits per heavy atom. The van der Waals surface area contributed by atoms with Gasteiger partial charge in [-0.25, -0.2) is 9.97 Å². The fourth-order valence-corrected chi connectivity index (χ4v) is 5.25. The van der Waals surface area contributed by atoms with E-state index in [1.807, 2.05) is 31.5 Å². The second kappa shape index (κ2) is 10.3. The lowest BCUT2D eigenvalue weighted by atomic mass is 10.0. The number of amides is 2. The number of hydrogen-bond acceptors (Lipinski definition) is 5. The molecule has 0 bridgehead atoms. The lowest BCUT2D eigenvalue weighted by molar-refractivity contribution is -0.139. The normalized spacial score (nSPS) is 16.7. The molecule has 0 radical (unpaired) electrons. The van der Waals surface area contributed by atoms with Crippen LogP contribution in [0.25, 0.3) is 10.4 Å². The molecule has 0 unspecified atom stereocenters. The highest BCUT2D eigenvalue weighted by Crippen LogP contribution is 2.28. The molecule has 174 valence electrons. The summed E-state index contributed by atoms with van der Waals surface area (Å²) in [6.45, 7) is 7.05. The molecule has 1 aliphatic heterocycles. The molecule has 2 amide bonds. The lowest BCUT2D eigenvalue weighted by Crippen LogP contribution is -2.47. The number of aromatic amines is 1. The fourth-order valence-electron chi connectivity index (χ4n) is 4.44. The van der Waals surface area contributed by atoms with Crippen molar-refractivity contribution in [1.29, 1.82) is 0 Å². The highest BCUT2D eigenvalue weighted by atomic mass is 32.1. The summed E-state index contributed by atoms with van der Waals surface area (Å²) in [4.78, 5) is 41.2. The first kappa shape index (κ1) is 23.2. The minimum atomic E-state index is -0.424. The van der Waals surface area contributed by atoms with E-state index in [2.05, 4.69) is 39.3 Å². The van der Waals surface area contributed by atoms with Crippen LogP contribution < -0.4 is 5.32 Å². The van der Waals surface area contributed by atoms with Crippen molar-refractivity contribution in [2.75, 3.05) is 6.54 Å². The van der Waals surface area contributed by atoms with Crippen molar-refractivity contribution in [3.63, 3.8) is 0 Å². The molecule has 4 rings (SSSR count). The fraction of sp³-hybridized carbons (Fsp3) is 0.440. The van der Waals surface area contributed by atoms with Gasteiger partial charge in [-0.15, -0.1) is 11.3 Å². The van der Waals surface area contributed by atoms with E-state index >= 15 is 0 Å². The van der Waals surface area contributed by atoms with Crippen LogP contribution in [-0.4, -0.2) is 44.3 Å². The molecule has 0 spiro atoms. The standard InChI is InChI=1S/C25H31N5O2S/c1-4-6-20(23-26-13-16(2)29-23)25(32)30-12-5-7-21(30)24(31)27-14-18-8-10-19(11-9-18)22-17(3)28-15-33-22/h8-11,13,15,20-21H,4-7,12,14H2,1-3H3,(H,26,29)(H,27,31)/t20-,21+/m1/s1. The number of nitrogens with one attached hydrogen (secondary N) is 2. The van der Waals surface area contributed by atoms with Crippen LogP contribution in [0.5, 0.6) is 0 Å². The number of aryl methyl sites for hydroxylation is 2. The van der Waals surface area contributed by atoms with Crippen molar-refractivity contribution in [1.82, 2.24) is 25.2 Å². The van der Waals surface area contributed by atoms with Crippen LogP contribution in [0.15, 0.2) is 36.0 Å². The topological polar surface area (TPSA) is 91.0 Å². The van der Waals surface area contributed by atoms with Gasteiger partial charge in [0.05, 0.1) is 22.0 Å². The Bertz CT molecular complexity index is 1100. The first-order chi connectivity index (χ1) is 16.0. The molecule has 1 fully saturated rings. The molecule has 2 atom stereocenters. The van der Waals surface area contributed by atoms with E-state index < -0.39 is 6.04 Å². The minimum absolute atomic E-state index is 0.00636. The molecular formula is C25H31N5O2S. The van der Waals surface area contributed by atoms with E-state index in [1.165, 1.54) is 4.88 Å². The maximum Gasteiger partial charge on any atom is 0.243 e. The first-order valence-corrected chi connectivity index (χ1v) is 12.4. The van der Waals surface area contributed by atoms with E-state index in [1.54, 1.807) is 22.4 Å². The van der Waals surface area contributed by atoms with Gasteiger partial charge < -0.3 is 15.2 Å².